The first kappa shape index (κ1) is 13.8. The quantitative estimate of drug-likeness (QED) is 0.900. The molecule has 1 saturated heterocycles. The zero-order valence-electron chi connectivity index (χ0n) is 12.2. The van der Waals surface area contributed by atoms with Crippen LogP contribution in [-0.2, 0) is 6.54 Å². The topological polar surface area (TPSA) is 67.1 Å². The largest absolute Gasteiger partial charge is 0.384 e. The Labute approximate surface area is 125 Å². The normalized spacial score (nSPS) is 22.3. The summed E-state index contributed by atoms with van der Waals surface area (Å²) in [6, 6.07) is 13.1. The Balaban J connectivity index is 1.62. The van der Waals surface area contributed by atoms with E-state index in [0.29, 0.717) is 23.8 Å². The Hall–Kier alpha value is -2.14. The smallest absolute Gasteiger partial charge is 0.224 e. The lowest BCUT2D eigenvalue weighted by Gasteiger charge is -2.25. The van der Waals surface area contributed by atoms with Crippen molar-refractivity contribution in [1.82, 2.24) is 14.9 Å². The Bertz CT molecular complexity index is 586. The fourth-order valence-electron chi connectivity index (χ4n) is 2.85. The van der Waals surface area contributed by atoms with Crippen LogP contribution in [0.1, 0.15) is 18.9 Å². The third-order valence-corrected chi connectivity index (χ3v) is 4.11. The van der Waals surface area contributed by atoms with Crippen LogP contribution in [0.2, 0.25) is 0 Å². The number of nitrogens with one attached hydrogen (secondary N) is 1. The fraction of sp³-hybridized carbons (Fsp3) is 0.375. The Morgan fingerprint density at radius 3 is 2.86 bits per heavy atom. The number of nitrogen functional groups attached to an aromatic ring is 1. The van der Waals surface area contributed by atoms with Crippen LogP contribution in [0.4, 0.5) is 11.8 Å². The van der Waals surface area contributed by atoms with Crippen LogP contribution in [-0.4, -0.2) is 33.5 Å². The van der Waals surface area contributed by atoms with Crippen LogP contribution in [0.25, 0.3) is 0 Å². The first-order chi connectivity index (χ1) is 10.2. The van der Waals surface area contributed by atoms with Crippen LogP contribution < -0.4 is 11.1 Å². The standard InChI is InChI=1S/C16H21N5/c1-12-14(19-16-18-9-7-15(17)20-16)8-10-21(12)11-13-5-3-2-4-6-13/h2-7,9,12,14H,8,10-11H2,1H3,(H3,17,18,19,20). The molecule has 0 saturated carbocycles. The van der Waals surface area contributed by atoms with Gasteiger partial charge < -0.3 is 11.1 Å². The maximum absolute atomic E-state index is 5.70. The molecule has 2 atom stereocenters. The van der Waals surface area contributed by atoms with E-state index in [1.165, 1.54) is 5.56 Å². The number of likely N-dealkylation sites (tertiary alicyclic amines) is 1. The molecule has 0 amide bonds. The summed E-state index contributed by atoms with van der Waals surface area (Å²) in [7, 11) is 0. The fourth-order valence-corrected chi connectivity index (χ4v) is 2.85. The molecule has 1 aromatic carbocycles. The minimum atomic E-state index is 0.357. The van der Waals surface area contributed by atoms with Crippen molar-refractivity contribution < 1.29 is 0 Å². The monoisotopic (exact) mass is 283 g/mol. The summed E-state index contributed by atoms with van der Waals surface area (Å²) >= 11 is 0. The zero-order chi connectivity index (χ0) is 14.7. The highest BCUT2D eigenvalue weighted by Gasteiger charge is 2.30. The summed E-state index contributed by atoms with van der Waals surface area (Å²) in [5.74, 6) is 1.12. The van der Waals surface area contributed by atoms with E-state index in [-0.39, 0.29) is 0 Å². The number of hydrogen-bond acceptors (Lipinski definition) is 5. The summed E-state index contributed by atoms with van der Waals surface area (Å²) < 4.78 is 0. The summed E-state index contributed by atoms with van der Waals surface area (Å²) in [4.78, 5) is 10.9. The number of nitrogens with two attached hydrogens (primary N) is 1. The predicted molar refractivity (Wildman–Crippen MR) is 84.8 cm³/mol. The van der Waals surface area contributed by atoms with Crippen molar-refractivity contribution in [3.8, 4) is 0 Å². The molecule has 1 aliphatic rings. The van der Waals surface area contributed by atoms with Gasteiger partial charge in [-0.2, -0.15) is 4.98 Å². The molecule has 0 bridgehead atoms. The van der Waals surface area contributed by atoms with E-state index in [1.54, 1.807) is 12.3 Å². The number of hydrogen-bond donors (Lipinski definition) is 2. The van der Waals surface area contributed by atoms with Crippen molar-refractivity contribution >= 4 is 11.8 Å². The molecule has 21 heavy (non-hydrogen) atoms. The number of rotatable bonds is 4. The van der Waals surface area contributed by atoms with Crippen molar-refractivity contribution in [1.29, 1.82) is 0 Å². The highest BCUT2D eigenvalue weighted by atomic mass is 15.2. The van der Waals surface area contributed by atoms with E-state index in [1.807, 2.05) is 0 Å². The van der Waals surface area contributed by atoms with Gasteiger partial charge in [-0.1, -0.05) is 30.3 Å². The van der Waals surface area contributed by atoms with Crippen LogP contribution in [0, 0.1) is 0 Å². The van der Waals surface area contributed by atoms with Gasteiger partial charge in [0.25, 0.3) is 0 Å². The number of aromatic nitrogens is 2. The molecule has 2 aromatic rings. The van der Waals surface area contributed by atoms with Crippen molar-refractivity contribution in [3.63, 3.8) is 0 Å². The lowest BCUT2D eigenvalue weighted by molar-refractivity contribution is 0.255. The third-order valence-electron chi connectivity index (χ3n) is 4.11. The van der Waals surface area contributed by atoms with Gasteiger partial charge in [0.15, 0.2) is 0 Å². The Morgan fingerprint density at radius 2 is 2.10 bits per heavy atom. The van der Waals surface area contributed by atoms with Gasteiger partial charge in [0.1, 0.15) is 5.82 Å². The highest BCUT2D eigenvalue weighted by Crippen LogP contribution is 2.22. The number of benzene rings is 1. The average Bonchev–Trinajstić information content (AvgIpc) is 2.82. The molecule has 1 aliphatic heterocycles. The molecule has 0 radical (unpaired) electrons. The van der Waals surface area contributed by atoms with Gasteiger partial charge in [-0.25, -0.2) is 4.98 Å². The van der Waals surface area contributed by atoms with Crippen LogP contribution in [0.15, 0.2) is 42.6 Å². The first-order valence-electron chi connectivity index (χ1n) is 7.35. The van der Waals surface area contributed by atoms with E-state index in [2.05, 4.69) is 57.4 Å². The zero-order valence-corrected chi connectivity index (χ0v) is 12.2. The molecule has 2 heterocycles. The minimum absolute atomic E-state index is 0.357. The number of nitrogens with zero attached hydrogens (tertiary/aromatic N) is 3. The van der Waals surface area contributed by atoms with Crippen molar-refractivity contribution in [2.24, 2.45) is 0 Å². The average molecular weight is 283 g/mol. The molecule has 5 heteroatoms. The van der Waals surface area contributed by atoms with Gasteiger partial charge in [-0.05, 0) is 25.0 Å². The maximum Gasteiger partial charge on any atom is 0.224 e. The van der Waals surface area contributed by atoms with E-state index < -0.39 is 0 Å². The molecule has 1 aromatic heterocycles. The SMILES string of the molecule is CC1C(Nc2nccc(N)n2)CCN1Cc1ccccc1. The molecule has 1 fully saturated rings. The molecular weight excluding hydrogens is 262 g/mol. The van der Waals surface area contributed by atoms with Gasteiger partial charge in [0.05, 0.1) is 0 Å². The second-order valence-corrected chi connectivity index (χ2v) is 5.54. The lowest BCUT2D eigenvalue weighted by atomic mass is 10.1. The molecule has 3 rings (SSSR count). The number of anilines is 2. The van der Waals surface area contributed by atoms with E-state index in [4.69, 9.17) is 5.73 Å². The van der Waals surface area contributed by atoms with Gasteiger partial charge >= 0.3 is 0 Å². The molecule has 0 spiro atoms. The van der Waals surface area contributed by atoms with E-state index >= 15 is 0 Å². The van der Waals surface area contributed by atoms with Crippen molar-refractivity contribution in [3.05, 3.63) is 48.2 Å². The van der Waals surface area contributed by atoms with Crippen molar-refractivity contribution in [2.75, 3.05) is 17.6 Å². The summed E-state index contributed by atoms with van der Waals surface area (Å²) in [5, 5.41) is 3.40. The lowest BCUT2D eigenvalue weighted by Crippen LogP contribution is -2.36. The van der Waals surface area contributed by atoms with Gasteiger partial charge in [-0.3, -0.25) is 4.90 Å². The second kappa shape index (κ2) is 6.10. The van der Waals surface area contributed by atoms with Gasteiger partial charge in [0.2, 0.25) is 5.95 Å². The van der Waals surface area contributed by atoms with Crippen molar-refractivity contribution in [2.45, 2.75) is 32.0 Å². The van der Waals surface area contributed by atoms with E-state index in [0.717, 1.165) is 19.5 Å². The van der Waals surface area contributed by atoms with E-state index in [9.17, 15) is 0 Å². The third kappa shape index (κ3) is 3.31. The molecule has 110 valence electrons. The Morgan fingerprint density at radius 1 is 1.29 bits per heavy atom. The maximum atomic E-state index is 5.70. The Kier molecular flexibility index (Phi) is 4.01. The van der Waals surface area contributed by atoms with Crippen LogP contribution in [0.5, 0.6) is 0 Å². The molecular formula is C16H21N5. The van der Waals surface area contributed by atoms with Crippen LogP contribution >= 0.6 is 0 Å². The van der Waals surface area contributed by atoms with Gasteiger partial charge in [-0.15, -0.1) is 0 Å². The highest BCUT2D eigenvalue weighted by molar-refractivity contribution is 5.36. The molecule has 0 aliphatic carbocycles. The summed E-state index contributed by atoms with van der Waals surface area (Å²) in [5.41, 5.74) is 7.05. The second-order valence-electron chi connectivity index (χ2n) is 5.54. The summed E-state index contributed by atoms with van der Waals surface area (Å²) in [6.07, 6.45) is 2.78. The molecule has 2 unspecified atom stereocenters. The van der Waals surface area contributed by atoms with Crippen LogP contribution in [0.3, 0.4) is 0 Å². The molecule has 5 nitrogen and oxygen atoms in total. The predicted octanol–water partition coefficient (Wildman–Crippen LogP) is 2.13. The minimum Gasteiger partial charge on any atom is -0.384 e. The van der Waals surface area contributed by atoms with Gasteiger partial charge in [0, 0.05) is 31.4 Å². The molecule has 3 N–H and O–H groups in total. The summed E-state index contributed by atoms with van der Waals surface area (Å²) in [6.45, 7) is 4.31. The first-order valence-corrected chi connectivity index (χ1v) is 7.35.